The summed E-state index contributed by atoms with van der Waals surface area (Å²) >= 11 is 0. The van der Waals surface area contributed by atoms with Gasteiger partial charge in [-0.1, -0.05) is 36.4 Å². The molecule has 0 unspecified atom stereocenters. The van der Waals surface area contributed by atoms with Crippen LogP contribution in [0.5, 0.6) is 5.75 Å². The highest BCUT2D eigenvalue weighted by Crippen LogP contribution is 2.28. The van der Waals surface area contributed by atoms with E-state index in [0.717, 1.165) is 0 Å². The van der Waals surface area contributed by atoms with Crippen LogP contribution in [-0.4, -0.2) is 30.6 Å². The summed E-state index contributed by atoms with van der Waals surface area (Å²) in [4.78, 5) is 36.3. The van der Waals surface area contributed by atoms with Gasteiger partial charge >= 0.3 is 12.0 Å². The Morgan fingerprint density at radius 3 is 2.47 bits per heavy atom. The van der Waals surface area contributed by atoms with Crippen LogP contribution in [0.25, 0.3) is 11.0 Å². The lowest BCUT2D eigenvalue weighted by Gasteiger charge is -2.13. The van der Waals surface area contributed by atoms with E-state index in [4.69, 9.17) is 13.9 Å². The number of hydrogen-bond acceptors (Lipinski definition) is 6. The van der Waals surface area contributed by atoms with E-state index >= 15 is 0 Å². The van der Waals surface area contributed by atoms with Crippen molar-refractivity contribution < 1.29 is 28.3 Å². The molecule has 0 radical (unpaired) electrons. The average molecular weight is 410 g/mol. The summed E-state index contributed by atoms with van der Waals surface area (Å²) in [7, 11) is 0. The van der Waals surface area contributed by atoms with E-state index in [9.17, 15) is 14.4 Å². The van der Waals surface area contributed by atoms with Crippen LogP contribution in [-0.2, 0) is 16.1 Å². The topological polar surface area (TPSA) is 107 Å². The summed E-state index contributed by atoms with van der Waals surface area (Å²) in [6, 6.07) is 15.6. The average Bonchev–Trinajstić information content (AvgIpc) is 3.12. The SMILES string of the molecule is CCNC(=O)NC(=O)[C@@H](C)OC(=O)c1oc2ccccc2c1COc1ccccc1. The Morgan fingerprint density at radius 1 is 1.03 bits per heavy atom. The molecule has 0 saturated carbocycles. The molecule has 8 heteroatoms. The molecule has 30 heavy (non-hydrogen) atoms. The number of fused-ring (bicyclic) bond motifs is 1. The normalized spacial score (nSPS) is 11.5. The van der Waals surface area contributed by atoms with Crippen LogP contribution in [0.2, 0.25) is 0 Å². The van der Waals surface area contributed by atoms with Gasteiger partial charge in [0.15, 0.2) is 6.10 Å². The second-order valence-corrected chi connectivity index (χ2v) is 6.40. The number of ether oxygens (including phenoxy) is 2. The van der Waals surface area contributed by atoms with Crippen LogP contribution in [0.1, 0.15) is 30.0 Å². The third kappa shape index (κ3) is 4.96. The molecule has 1 heterocycles. The maximum absolute atomic E-state index is 12.7. The highest BCUT2D eigenvalue weighted by atomic mass is 16.6. The van der Waals surface area contributed by atoms with Crippen LogP contribution >= 0.6 is 0 Å². The zero-order valence-electron chi connectivity index (χ0n) is 16.6. The number of nitrogens with one attached hydrogen (secondary N) is 2. The van der Waals surface area contributed by atoms with Gasteiger partial charge in [-0.15, -0.1) is 0 Å². The number of amides is 3. The van der Waals surface area contributed by atoms with Gasteiger partial charge < -0.3 is 19.2 Å². The van der Waals surface area contributed by atoms with Gasteiger partial charge in [-0.05, 0) is 32.0 Å². The summed E-state index contributed by atoms with van der Waals surface area (Å²) in [5.74, 6) is -0.981. The number of imide groups is 1. The predicted octanol–water partition coefficient (Wildman–Crippen LogP) is 3.40. The molecular weight excluding hydrogens is 388 g/mol. The van der Waals surface area contributed by atoms with E-state index in [-0.39, 0.29) is 12.4 Å². The van der Waals surface area contributed by atoms with Crippen molar-refractivity contribution in [3.05, 3.63) is 65.9 Å². The molecule has 3 amide bonds. The number of hydrogen-bond donors (Lipinski definition) is 2. The van der Waals surface area contributed by atoms with Gasteiger partial charge in [0.2, 0.25) is 5.76 Å². The van der Waals surface area contributed by atoms with E-state index in [1.807, 2.05) is 30.3 Å². The molecule has 0 aliphatic rings. The van der Waals surface area contributed by atoms with Crippen molar-refractivity contribution in [2.75, 3.05) is 6.54 Å². The van der Waals surface area contributed by atoms with Crippen LogP contribution in [0.4, 0.5) is 4.79 Å². The van der Waals surface area contributed by atoms with Crippen molar-refractivity contribution in [3.8, 4) is 5.75 Å². The fraction of sp³-hybridized carbons (Fsp3) is 0.227. The van der Waals surface area contributed by atoms with Gasteiger partial charge in [0.05, 0.1) is 5.56 Å². The molecule has 1 atom stereocenters. The number of furan rings is 1. The first kappa shape index (κ1) is 20.9. The Balaban J connectivity index is 1.77. The summed E-state index contributed by atoms with van der Waals surface area (Å²) in [6.07, 6.45) is -1.20. The molecule has 0 fully saturated rings. The highest BCUT2D eigenvalue weighted by Gasteiger charge is 2.26. The van der Waals surface area contributed by atoms with Gasteiger partial charge in [0, 0.05) is 11.9 Å². The predicted molar refractivity (Wildman–Crippen MR) is 109 cm³/mol. The minimum atomic E-state index is -1.20. The van der Waals surface area contributed by atoms with E-state index in [1.54, 1.807) is 31.2 Å². The molecule has 0 saturated heterocycles. The standard InChI is InChI=1S/C22H22N2O6/c1-3-23-22(27)24-20(25)14(2)29-21(26)19-17(13-28-15-9-5-4-6-10-15)16-11-7-8-12-18(16)30-19/h4-12,14H,3,13H2,1-2H3,(H2,23,24,25,27)/t14-/m1/s1. The number of rotatable bonds is 7. The summed E-state index contributed by atoms with van der Waals surface area (Å²) in [5, 5.41) is 5.24. The van der Waals surface area contributed by atoms with Crippen molar-refractivity contribution in [1.29, 1.82) is 0 Å². The van der Waals surface area contributed by atoms with Gasteiger partial charge in [-0.2, -0.15) is 0 Å². The summed E-state index contributed by atoms with van der Waals surface area (Å²) in [6.45, 7) is 3.52. The third-order valence-electron chi connectivity index (χ3n) is 4.24. The molecule has 2 aromatic carbocycles. The monoisotopic (exact) mass is 410 g/mol. The van der Waals surface area contributed by atoms with Crippen molar-refractivity contribution in [2.24, 2.45) is 0 Å². The lowest BCUT2D eigenvalue weighted by molar-refractivity contribution is -0.128. The van der Waals surface area contributed by atoms with Crippen molar-refractivity contribution in [1.82, 2.24) is 10.6 Å². The Labute approximate surface area is 173 Å². The van der Waals surface area contributed by atoms with Crippen molar-refractivity contribution in [2.45, 2.75) is 26.6 Å². The fourth-order valence-electron chi connectivity index (χ4n) is 2.77. The largest absolute Gasteiger partial charge is 0.489 e. The highest BCUT2D eigenvalue weighted by molar-refractivity contribution is 6.00. The molecule has 0 spiro atoms. The third-order valence-corrected chi connectivity index (χ3v) is 4.24. The zero-order valence-corrected chi connectivity index (χ0v) is 16.6. The van der Waals surface area contributed by atoms with Crippen LogP contribution in [0.3, 0.4) is 0 Å². The fourth-order valence-corrected chi connectivity index (χ4v) is 2.77. The summed E-state index contributed by atoms with van der Waals surface area (Å²) < 4.78 is 16.7. The molecular formula is C22H22N2O6. The van der Waals surface area contributed by atoms with Crippen molar-refractivity contribution >= 4 is 28.9 Å². The molecule has 3 rings (SSSR count). The van der Waals surface area contributed by atoms with Gasteiger partial charge in [-0.25, -0.2) is 9.59 Å². The minimum absolute atomic E-state index is 0.0511. The Morgan fingerprint density at radius 2 is 1.73 bits per heavy atom. The molecule has 0 aliphatic heterocycles. The first-order chi connectivity index (χ1) is 14.5. The Kier molecular flexibility index (Phi) is 6.69. The zero-order chi connectivity index (χ0) is 21.5. The van der Waals surface area contributed by atoms with E-state index in [0.29, 0.717) is 28.8 Å². The molecule has 0 bridgehead atoms. The number of esters is 1. The molecule has 2 N–H and O–H groups in total. The molecule has 3 aromatic rings. The van der Waals surface area contributed by atoms with E-state index < -0.39 is 24.0 Å². The van der Waals surface area contributed by atoms with Crippen LogP contribution in [0, 0.1) is 0 Å². The van der Waals surface area contributed by atoms with Gasteiger partial charge in [0.1, 0.15) is 17.9 Å². The van der Waals surface area contributed by atoms with Crippen LogP contribution < -0.4 is 15.4 Å². The number of benzene rings is 2. The smallest absolute Gasteiger partial charge is 0.375 e. The van der Waals surface area contributed by atoms with E-state index in [2.05, 4.69) is 10.6 Å². The number of carbonyl (C=O) groups excluding carboxylic acids is 3. The summed E-state index contributed by atoms with van der Waals surface area (Å²) in [5.41, 5.74) is 1.01. The first-order valence-electron chi connectivity index (χ1n) is 9.47. The quantitative estimate of drug-likeness (QED) is 0.578. The maximum atomic E-state index is 12.7. The van der Waals surface area contributed by atoms with E-state index in [1.165, 1.54) is 6.92 Å². The van der Waals surface area contributed by atoms with Crippen LogP contribution in [0.15, 0.2) is 59.0 Å². The maximum Gasteiger partial charge on any atom is 0.375 e. The Bertz CT molecular complexity index is 1040. The Hall–Kier alpha value is -3.81. The molecule has 0 aliphatic carbocycles. The number of carbonyl (C=O) groups is 3. The molecule has 1 aromatic heterocycles. The van der Waals surface area contributed by atoms with Gasteiger partial charge in [-0.3, -0.25) is 10.1 Å². The molecule has 8 nitrogen and oxygen atoms in total. The number of para-hydroxylation sites is 2. The lowest BCUT2D eigenvalue weighted by atomic mass is 10.1. The van der Waals surface area contributed by atoms with Gasteiger partial charge in [0.25, 0.3) is 5.91 Å². The second-order valence-electron chi connectivity index (χ2n) is 6.40. The first-order valence-corrected chi connectivity index (χ1v) is 9.47. The molecule has 156 valence electrons. The lowest BCUT2D eigenvalue weighted by Crippen LogP contribution is -2.44. The second kappa shape index (κ2) is 9.60. The minimum Gasteiger partial charge on any atom is -0.489 e. The van der Waals surface area contributed by atoms with Crippen molar-refractivity contribution in [3.63, 3.8) is 0 Å². The number of urea groups is 1.